The normalized spacial score (nSPS) is 30.0. The van der Waals surface area contributed by atoms with Crippen molar-refractivity contribution in [3.05, 3.63) is 36.5 Å². The lowest BCUT2D eigenvalue weighted by Crippen LogP contribution is -2.47. The molecule has 1 amide bonds. The predicted molar refractivity (Wildman–Crippen MR) is 93.9 cm³/mol. The Morgan fingerprint density at radius 3 is 2.48 bits per heavy atom. The molecule has 0 unspecified atom stereocenters. The van der Waals surface area contributed by atoms with Crippen LogP contribution in [-0.2, 0) is 14.4 Å². The molecule has 4 rings (SSSR count). The highest BCUT2D eigenvalue weighted by molar-refractivity contribution is 6.49. The van der Waals surface area contributed by atoms with Gasteiger partial charge >= 0.3 is 0 Å². The van der Waals surface area contributed by atoms with E-state index in [2.05, 4.69) is 10.3 Å². The largest absolute Gasteiger partial charge is 0.325 e. The molecule has 2 saturated carbocycles. The second-order valence-electron chi connectivity index (χ2n) is 7.85. The fraction of sp³-hybridized carbons (Fsp3) is 0.400. The summed E-state index contributed by atoms with van der Waals surface area (Å²) in [5.41, 5.74) is -1.38. The van der Waals surface area contributed by atoms with Crippen LogP contribution in [-0.4, -0.2) is 22.5 Å². The van der Waals surface area contributed by atoms with E-state index in [-0.39, 0.29) is 5.91 Å². The molecule has 0 spiro atoms. The average molecular weight is 336 g/mol. The lowest BCUT2D eigenvalue weighted by Gasteiger charge is -2.37. The molecule has 2 aliphatic rings. The molecule has 25 heavy (non-hydrogen) atoms. The number of fused-ring (bicyclic) bond motifs is 3. The molecule has 0 radical (unpaired) electrons. The third-order valence-corrected chi connectivity index (χ3v) is 6.82. The number of carbonyl (C=O) groups excluding carboxylic acids is 3. The van der Waals surface area contributed by atoms with Gasteiger partial charge in [0.05, 0.1) is 11.2 Å². The molecule has 5 nitrogen and oxygen atoms in total. The first kappa shape index (κ1) is 15.9. The first-order valence-corrected chi connectivity index (χ1v) is 8.50. The van der Waals surface area contributed by atoms with Crippen LogP contribution in [0, 0.1) is 16.2 Å². The Balaban J connectivity index is 1.79. The number of hydrogen-bond acceptors (Lipinski definition) is 4. The van der Waals surface area contributed by atoms with Crippen molar-refractivity contribution in [2.45, 2.75) is 33.6 Å². The zero-order valence-corrected chi connectivity index (χ0v) is 14.6. The zero-order chi connectivity index (χ0) is 18.0. The number of rotatable bonds is 2. The summed E-state index contributed by atoms with van der Waals surface area (Å²) in [6.45, 7) is 5.55. The van der Waals surface area contributed by atoms with Crippen molar-refractivity contribution >= 4 is 34.1 Å². The Morgan fingerprint density at radius 1 is 1.04 bits per heavy atom. The Kier molecular flexibility index (Phi) is 3.03. The van der Waals surface area contributed by atoms with Crippen LogP contribution in [0.4, 0.5) is 5.69 Å². The molecule has 0 saturated heterocycles. The topological polar surface area (TPSA) is 76.1 Å². The third kappa shape index (κ3) is 1.68. The van der Waals surface area contributed by atoms with E-state index in [0.29, 0.717) is 18.5 Å². The molecule has 2 aliphatic carbocycles. The maximum atomic E-state index is 13.2. The lowest BCUT2D eigenvalue weighted by molar-refractivity contribution is -0.147. The summed E-state index contributed by atoms with van der Waals surface area (Å²) in [4.78, 5) is 42.9. The summed E-state index contributed by atoms with van der Waals surface area (Å²) in [7, 11) is 0. The summed E-state index contributed by atoms with van der Waals surface area (Å²) in [5, 5.41) is 3.73. The molecule has 0 aliphatic heterocycles. The fourth-order valence-electron chi connectivity index (χ4n) is 4.71. The van der Waals surface area contributed by atoms with Crippen LogP contribution < -0.4 is 5.32 Å². The summed E-state index contributed by atoms with van der Waals surface area (Å²) < 4.78 is 0. The number of carbonyl (C=O) groups is 3. The second-order valence-corrected chi connectivity index (χ2v) is 7.85. The maximum absolute atomic E-state index is 13.2. The van der Waals surface area contributed by atoms with E-state index in [1.54, 1.807) is 18.3 Å². The van der Waals surface area contributed by atoms with E-state index in [9.17, 15) is 14.4 Å². The van der Waals surface area contributed by atoms with E-state index in [1.807, 2.05) is 39.0 Å². The van der Waals surface area contributed by atoms with Gasteiger partial charge in [0.25, 0.3) is 0 Å². The molecule has 2 bridgehead atoms. The number of amides is 1. The molecule has 1 N–H and O–H groups in total. The van der Waals surface area contributed by atoms with Crippen LogP contribution >= 0.6 is 0 Å². The Hall–Kier alpha value is -2.56. The molecular formula is C20H20N2O3. The van der Waals surface area contributed by atoms with Crippen LogP contribution in [0.3, 0.4) is 0 Å². The number of nitrogens with zero attached hydrogens (tertiary/aromatic N) is 1. The highest BCUT2D eigenvalue weighted by atomic mass is 16.2. The van der Waals surface area contributed by atoms with Crippen molar-refractivity contribution in [2.75, 3.05) is 5.32 Å². The number of pyridine rings is 1. The van der Waals surface area contributed by atoms with Gasteiger partial charge in [0.15, 0.2) is 0 Å². The van der Waals surface area contributed by atoms with Crippen LogP contribution in [0.2, 0.25) is 0 Å². The van der Waals surface area contributed by atoms with Gasteiger partial charge in [-0.1, -0.05) is 26.8 Å². The molecule has 2 fully saturated rings. The molecule has 1 heterocycles. The number of aromatic nitrogens is 1. The van der Waals surface area contributed by atoms with Crippen molar-refractivity contribution in [3.63, 3.8) is 0 Å². The van der Waals surface area contributed by atoms with Crippen LogP contribution in [0.1, 0.15) is 33.6 Å². The quantitative estimate of drug-likeness (QED) is 0.675. The molecular weight excluding hydrogens is 316 g/mol. The molecule has 1 aromatic heterocycles. The number of Topliss-reactive ketones (excluding diaryl/α,β-unsaturated/α-hetero) is 2. The van der Waals surface area contributed by atoms with Crippen LogP contribution in [0.15, 0.2) is 36.5 Å². The monoisotopic (exact) mass is 336 g/mol. The maximum Gasteiger partial charge on any atom is 0.239 e. The van der Waals surface area contributed by atoms with Crippen molar-refractivity contribution < 1.29 is 14.4 Å². The van der Waals surface area contributed by atoms with Gasteiger partial charge in [0.2, 0.25) is 17.5 Å². The highest BCUT2D eigenvalue weighted by Crippen LogP contribution is 2.69. The summed E-state index contributed by atoms with van der Waals surface area (Å²) in [5.74, 6) is -1.32. The molecule has 5 heteroatoms. The number of ketones is 2. The van der Waals surface area contributed by atoms with Gasteiger partial charge in [-0.3, -0.25) is 19.4 Å². The minimum absolute atomic E-state index is 0.381. The zero-order valence-electron chi connectivity index (χ0n) is 14.6. The van der Waals surface area contributed by atoms with Crippen LogP contribution in [0.25, 0.3) is 10.9 Å². The molecule has 2 aromatic rings. The van der Waals surface area contributed by atoms with Gasteiger partial charge < -0.3 is 5.32 Å². The Bertz CT molecular complexity index is 944. The number of anilines is 1. The number of benzene rings is 1. The first-order chi connectivity index (χ1) is 11.8. The summed E-state index contributed by atoms with van der Waals surface area (Å²) in [6, 6.07) is 9.15. The Labute approximate surface area is 145 Å². The van der Waals surface area contributed by atoms with Gasteiger partial charge in [-0.2, -0.15) is 0 Å². The van der Waals surface area contributed by atoms with E-state index in [0.717, 1.165) is 10.9 Å². The summed E-state index contributed by atoms with van der Waals surface area (Å²) >= 11 is 0. The van der Waals surface area contributed by atoms with Crippen molar-refractivity contribution in [3.8, 4) is 0 Å². The smallest absolute Gasteiger partial charge is 0.239 e. The molecule has 128 valence electrons. The minimum Gasteiger partial charge on any atom is -0.325 e. The van der Waals surface area contributed by atoms with Gasteiger partial charge in [-0.25, -0.2) is 0 Å². The van der Waals surface area contributed by atoms with Gasteiger partial charge in [-0.15, -0.1) is 0 Å². The third-order valence-electron chi connectivity index (χ3n) is 6.82. The number of nitrogens with one attached hydrogen (secondary N) is 1. The minimum atomic E-state index is -1.29. The van der Waals surface area contributed by atoms with Crippen molar-refractivity contribution in [1.82, 2.24) is 4.98 Å². The molecule has 1 aromatic carbocycles. The lowest BCUT2D eigenvalue weighted by atomic mass is 9.64. The average Bonchev–Trinajstić information content (AvgIpc) is 2.87. The number of hydrogen-bond donors (Lipinski definition) is 1. The standard InChI is InChI=1S/C20H20N2O3/c1-18(2)19(3)9-10-20(18,16(24)15(19)23)17(25)22-14-8-4-7-13-12(14)6-5-11-21-13/h4-8,11H,9-10H2,1-3H3,(H,22,25)/t19-,20-/m0/s1. The van der Waals surface area contributed by atoms with E-state index < -0.39 is 27.8 Å². The fourth-order valence-corrected chi connectivity index (χ4v) is 4.71. The SMILES string of the molecule is CC1(C)[C@@]2(C(=O)Nc3cccc4ncccc34)CC[C@@]1(C)C(=O)C2=O. The van der Waals surface area contributed by atoms with Gasteiger partial charge in [0.1, 0.15) is 5.41 Å². The van der Waals surface area contributed by atoms with Gasteiger partial charge in [-0.05, 0) is 42.5 Å². The highest BCUT2D eigenvalue weighted by Gasteiger charge is 2.77. The Morgan fingerprint density at radius 2 is 1.80 bits per heavy atom. The van der Waals surface area contributed by atoms with Crippen LogP contribution in [0.5, 0.6) is 0 Å². The van der Waals surface area contributed by atoms with Crippen molar-refractivity contribution in [1.29, 1.82) is 0 Å². The second kappa shape index (κ2) is 4.75. The van der Waals surface area contributed by atoms with Gasteiger partial charge in [0, 0.05) is 17.0 Å². The summed E-state index contributed by atoms with van der Waals surface area (Å²) in [6.07, 6.45) is 2.67. The van der Waals surface area contributed by atoms with Crippen molar-refractivity contribution in [2.24, 2.45) is 16.2 Å². The van der Waals surface area contributed by atoms with E-state index in [1.165, 1.54) is 0 Å². The first-order valence-electron chi connectivity index (χ1n) is 8.50. The predicted octanol–water partition coefficient (Wildman–Crippen LogP) is 3.14. The molecule has 2 atom stereocenters. The van der Waals surface area contributed by atoms with E-state index in [4.69, 9.17) is 0 Å². The van der Waals surface area contributed by atoms with E-state index >= 15 is 0 Å².